The van der Waals surface area contributed by atoms with Gasteiger partial charge in [0.05, 0.1) is 21.5 Å². The zero-order valence-electron chi connectivity index (χ0n) is 11.9. The number of carboxylic acids is 1. The van der Waals surface area contributed by atoms with Crippen molar-refractivity contribution in [2.24, 2.45) is 0 Å². The van der Waals surface area contributed by atoms with E-state index in [4.69, 9.17) is 0 Å². The number of aryl methyl sites for hydroxylation is 1. The zero-order chi connectivity index (χ0) is 15.1. The molecule has 0 saturated carbocycles. The summed E-state index contributed by atoms with van der Waals surface area (Å²) in [4.78, 5) is 11.4. The number of carbonyl (C=O) groups is 1. The van der Waals surface area contributed by atoms with Crippen LogP contribution in [0.25, 0.3) is 5.69 Å². The number of hydrogen-bond acceptors (Lipinski definition) is 2. The largest absolute Gasteiger partial charge is 0.481 e. The maximum absolute atomic E-state index is 11.4. The van der Waals surface area contributed by atoms with Crippen molar-refractivity contribution in [3.8, 4) is 5.69 Å². The third-order valence-corrected chi connectivity index (χ3v) is 4.40. The molecule has 2 aromatic rings. The van der Waals surface area contributed by atoms with Gasteiger partial charge in [0.15, 0.2) is 0 Å². The molecule has 0 unspecified atom stereocenters. The first-order valence-electron chi connectivity index (χ1n) is 6.31. The number of nitrogens with zero attached hydrogens (tertiary/aromatic N) is 2. The van der Waals surface area contributed by atoms with Crippen molar-refractivity contribution >= 4 is 21.9 Å². The molecule has 4 nitrogen and oxygen atoms in total. The van der Waals surface area contributed by atoms with E-state index in [0.717, 1.165) is 15.9 Å². The van der Waals surface area contributed by atoms with Crippen LogP contribution in [0.4, 0.5) is 0 Å². The Kier molecular flexibility index (Phi) is 3.73. The molecule has 0 aliphatic carbocycles. The predicted octanol–water partition coefficient (Wildman–Crippen LogP) is 3.61. The summed E-state index contributed by atoms with van der Waals surface area (Å²) in [6.45, 7) is 7.25. The second-order valence-corrected chi connectivity index (χ2v) is 6.22. The summed E-state index contributed by atoms with van der Waals surface area (Å²) >= 11 is 3.47. The van der Waals surface area contributed by atoms with Gasteiger partial charge in [-0.15, -0.1) is 0 Å². The smallest absolute Gasteiger partial charge is 0.315 e. The topological polar surface area (TPSA) is 55.1 Å². The standard InChI is InChI=1S/C15H17BrN2O2/c1-9-5-7-11(8-6-9)18-10(2)12(16)13(17-18)15(3,4)14(19)20/h5-8H,1-4H3,(H,19,20). The number of aliphatic carboxylic acids is 1. The highest BCUT2D eigenvalue weighted by molar-refractivity contribution is 9.10. The quantitative estimate of drug-likeness (QED) is 0.931. The molecule has 0 aliphatic heterocycles. The van der Waals surface area contributed by atoms with Gasteiger partial charge in [0.1, 0.15) is 5.41 Å². The Balaban J connectivity index is 2.58. The predicted molar refractivity (Wildman–Crippen MR) is 81.4 cm³/mol. The minimum absolute atomic E-state index is 0.531. The third-order valence-electron chi connectivity index (χ3n) is 3.45. The van der Waals surface area contributed by atoms with Gasteiger partial charge in [-0.25, -0.2) is 4.68 Å². The monoisotopic (exact) mass is 336 g/mol. The maximum Gasteiger partial charge on any atom is 0.315 e. The molecule has 0 atom stereocenters. The minimum Gasteiger partial charge on any atom is -0.481 e. The van der Waals surface area contributed by atoms with Gasteiger partial charge in [-0.05, 0) is 55.8 Å². The lowest BCUT2D eigenvalue weighted by molar-refractivity contribution is -0.142. The molecular formula is C15H17BrN2O2. The van der Waals surface area contributed by atoms with Gasteiger partial charge in [-0.1, -0.05) is 17.7 Å². The summed E-state index contributed by atoms with van der Waals surface area (Å²) in [5.74, 6) is -0.897. The molecule has 1 heterocycles. The Bertz CT molecular complexity index is 657. The molecule has 2 rings (SSSR count). The maximum atomic E-state index is 11.4. The SMILES string of the molecule is Cc1ccc(-n2nc(C(C)(C)C(=O)O)c(Br)c2C)cc1. The molecule has 106 valence electrons. The summed E-state index contributed by atoms with van der Waals surface area (Å²) < 4.78 is 2.51. The summed E-state index contributed by atoms with van der Waals surface area (Å²) in [7, 11) is 0. The molecule has 0 spiro atoms. The molecule has 0 radical (unpaired) electrons. The molecule has 5 heteroatoms. The van der Waals surface area contributed by atoms with E-state index >= 15 is 0 Å². The second-order valence-electron chi connectivity index (χ2n) is 5.43. The first kappa shape index (κ1) is 14.8. The molecular weight excluding hydrogens is 320 g/mol. The summed E-state index contributed by atoms with van der Waals surface area (Å²) in [5, 5.41) is 13.8. The first-order valence-corrected chi connectivity index (χ1v) is 7.10. The van der Waals surface area contributed by atoms with Gasteiger partial charge in [-0.3, -0.25) is 4.79 Å². The van der Waals surface area contributed by atoms with Crippen LogP contribution < -0.4 is 0 Å². The van der Waals surface area contributed by atoms with E-state index in [2.05, 4.69) is 21.0 Å². The van der Waals surface area contributed by atoms with Gasteiger partial charge >= 0.3 is 5.97 Å². The van der Waals surface area contributed by atoms with Crippen LogP contribution in [-0.2, 0) is 10.2 Å². The normalized spacial score (nSPS) is 11.7. The average Bonchev–Trinajstić information content (AvgIpc) is 2.68. The fourth-order valence-electron chi connectivity index (χ4n) is 1.92. The minimum atomic E-state index is -1.04. The van der Waals surface area contributed by atoms with Crippen LogP contribution in [0.2, 0.25) is 0 Å². The van der Waals surface area contributed by atoms with Gasteiger partial charge < -0.3 is 5.11 Å². The van der Waals surface area contributed by atoms with Crippen molar-refractivity contribution in [2.45, 2.75) is 33.1 Å². The number of aromatic nitrogens is 2. The van der Waals surface area contributed by atoms with Crippen LogP contribution in [-0.4, -0.2) is 20.9 Å². The van der Waals surface area contributed by atoms with Crippen molar-refractivity contribution in [3.63, 3.8) is 0 Å². The van der Waals surface area contributed by atoms with E-state index in [1.807, 2.05) is 38.1 Å². The summed E-state index contributed by atoms with van der Waals surface area (Å²) in [5.41, 5.74) is 2.46. The van der Waals surface area contributed by atoms with Crippen molar-refractivity contribution in [2.75, 3.05) is 0 Å². The van der Waals surface area contributed by atoms with Crippen LogP contribution in [0, 0.1) is 13.8 Å². The lowest BCUT2D eigenvalue weighted by Gasteiger charge is -2.16. The molecule has 1 aromatic carbocycles. The van der Waals surface area contributed by atoms with Crippen molar-refractivity contribution < 1.29 is 9.90 Å². The van der Waals surface area contributed by atoms with Gasteiger partial charge in [0.2, 0.25) is 0 Å². The van der Waals surface area contributed by atoms with E-state index in [-0.39, 0.29) is 0 Å². The Morgan fingerprint density at radius 3 is 2.30 bits per heavy atom. The van der Waals surface area contributed by atoms with Gasteiger partial charge in [0, 0.05) is 0 Å². The molecule has 1 N–H and O–H groups in total. The number of benzene rings is 1. The highest BCUT2D eigenvalue weighted by Gasteiger charge is 2.35. The van der Waals surface area contributed by atoms with Crippen LogP contribution in [0.5, 0.6) is 0 Å². The van der Waals surface area contributed by atoms with Gasteiger partial charge in [0.25, 0.3) is 0 Å². The number of hydrogen-bond donors (Lipinski definition) is 1. The molecule has 0 aliphatic rings. The highest BCUT2D eigenvalue weighted by atomic mass is 79.9. The Morgan fingerprint density at radius 1 is 1.25 bits per heavy atom. The van der Waals surface area contributed by atoms with Crippen LogP contribution >= 0.6 is 15.9 Å². The summed E-state index contributed by atoms with van der Waals surface area (Å²) in [6, 6.07) is 7.96. The van der Waals surface area contributed by atoms with E-state index in [1.165, 1.54) is 5.56 Å². The lowest BCUT2D eigenvalue weighted by Crippen LogP contribution is -2.29. The highest BCUT2D eigenvalue weighted by Crippen LogP contribution is 2.33. The Labute approximate surface area is 126 Å². The average molecular weight is 337 g/mol. The summed E-state index contributed by atoms with van der Waals surface area (Å²) in [6.07, 6.45) is 0. The van der Waals surface area contributed by atoms with Gasteiger partial charge in [-0.2, -0.15) is 5.10 Å². The molecule has 0 bridgehead atoms. The van der Waals surface area contributed by atoms with Crippen LogP contribution in [0.3, 0.4) is 0 Å². The first-order chi connectivity index (χ1) is 9.25. The molecule has 0 saturated heterocycles. The van der Waals surface area contributed by atoms with Crippen molar-refractivity contribution in [1.82, 2.24) is 9.78 Å². The van der Waals surface area contributed by atoms with E-state index in [9.17, 15) is 9.90 Å². The number of rotatable bonds is 3. The lowest BCUT2D eigenvalue weighted by atomic mass is 9.89. The van der Waals surface area contributed by atoms with E-state index < -0.39 is 11.4 Å². The second kappa shape index (κ2) is 5.05. The fourth-order valence-corrected chi connectivity index (χ4v) is 2.66. The van der Waals surface area contributed by atoms with E-state index in [1.54, 1.807) is 18.5 Å². The Morgan fingerprint density at radius 2 is 1.80 bits per heavy atom. The van der Waals surface area contributed by atoms with Crippen molar-refractivity contribution in [3.05, 3.63) is 45.7 Å². The Hall–Kier alpha value is -1.62. The molecule has 1 aromatic heterocycles. The number of carboxylic acid groups (broad SMARTS) is 1. The van der Waals surface area contributed by atoms with Crippen LogP contribution in [0.1, 0.15) is 30.8 Å². The van der Waals surface area contributed by atoms with E-state index in [0.29, 0.717) is 5.69 Å². The number of halogens is 1. The zero-order valence-corrected chi connectivity index (χ0v) is 13.5. The molecule has 0 amide bonds. The van der Waals surface area contributed by atoms with Crippen molar-refractivity contribution in [1.29, 1.82) is 0 Å². The fraction of sp³-hybridized carbons (Fsp3) is 0.333. The van der Waals surface area contributed by atoms with Crippen LogP contribution in [0.15, 0.2) is 28.7 Å². The molecule has 20 heavy (non-hydrogen) atoms. The third kappa shape index (κ3) is 2.38. The molecule has 0 fully saturated rings.